The molecule has 0 saturated carbocycles. The number of alkyl halides is 3. The van der Waals surface area contributed by atoms with Crippen LogP contribution >= 0.6 is 23.1 Å². The number of benzene rings is 1. The molecule has 3 aromatic rings. The van der Waals surface area contributed by atoms with E-state index in [1.165, 1.54) is 23.5 Å². The maximum Gasteiger partial charge on any atom is 0.416 e. The summed E-state index contributed by atoms with van der Waals surface area (Å²) in [6.07, 6.45) is -2.74. The van der Waals surface area contributed by atoms with E-state index in [2.05, 4.69) is 10.3 Å². The molecular weight excluding hydrogens is 385 g/mol. The van der Waals surface area contributed by atoms with Crippen LogP contribution in [0, 0.1) is 10.7 Å². The number of amides is 1. The molecule has 0 aliphatic carbocycles. The zero-order valence-corrected chi connectivity index (χ0v) is 14.7. The van der Waals surface area contributed by atoms with Crippen LogP contribution in [-0.2, 0) is 6.18 Å². The highest BCUT2D eigenvalue weighted by Crippen LogP contribution is 2.32. The number of imidazole rings is 1. The molecule has 2 aromatic heterocycles. The number of aromatic nitrogens is 2. The van der Waals surface area contributed by atoms with Crippen LogP contribution in [0.1, 0.15) is 16.1 Å². The number of thiazole rings is 1. The highest BCUT2D eigenvalue weighted by atomic mass is 32.2. The van der Waals surface area contributed by atoms with E-state index in [1.54, 1.807) is 16.0 Å². The summed E-state index contributed by atoms with van der Waals surface area (Å²) in [7, 11) is 0. The number of hydrogen-bond donors (Lipinski definition) is 1. The quantitative estimate of drug-likeness (QED) is 0.522. The molecule has 0 fully saturated rings. The van der Waals surface area contributed by atoms with E-state index in [9.17, 15) is 18.0 Å². The second kappa shape index (κ2) is 7.39. The molecule has 0 unspecified atom stereocenters. The number of hydrogen-bond acceptors (Lipinski definition) is 5. The van der Waals surface area contributed by atoms with Gasteiger partial charge in [-0.25, -0.2) is 4.98 Å². The van der Waals surface area contributed by atoms with Gasteiger partial charge in [0.25, 0.3) is 5.91 Å². The van der Waals surface area contributed by atoms with E-state index in [1.807, 2.05) is 5.40 Å². The largest absolute Gasteiger partial charge is 0.416 e. The molecule has 3 rings (SSSR count). The number of thiocyanates is 1. The van der Waals surface area contributed by atoms with Gasteiger partial charge in [-0.3, -0.25) is 9.20 Å². The van der Waals surface area contributed by atoms with Gasteiger partial charge in [-0.2, -0.15) is 18.4 Å². The number of carbonyl (C=O) groups is 1. The van der Waals surface area contributed by atoms with Gasteiger partial charge in [0.2, 0.25) is 0 Å². The first-order chi connectivity index (χ1) is 12.4. The molecule has 0 atom stereocenters. The van der Waals surface area contributed by atoms with E-state index in [0.717, 1.165) is 23.9 Å². The lowest BCUT2D eigenvalue weighted by molar-refractivity contribution is -0.137. The first-order valence-corrected chi connectivity index (χ1v) is 9.20. The normalized spacial score (nSPS) is 11.5. The molecule has 0 spiro atoms. The third kappa shape index (κ3) is 3.68. The van der Waals surface area contributed by atoms with Crippen LogP contribution < -0.4 is 5.32 Å². The molecule has 0 radical (unpaired) electrons. The summed E-state index contributed by atoms with van der Waals surface area (Å²) in [6.45, 7) is 0.293. The van der Waals surface area contributed by atoms with Gasteiger partial charge in [0.1, 0.15) is 16.8 Å². The molecule has 1 amide bonds. The van der Waals surface area contributed by atoms with Crippen LogP contribution in [0.25, 0.3) is 16.2 Å². The summed E-state index contributed by atoms with van der Waals surface area (Å²) in [5.74, 6) is 0.0352. The Morgan fingerprint density at radius 3 is 2.73 bits per heavy atom. The lowest BCUT2D eigenvalue weighted by Crippen LogP contribution is -2.27. The number of nitriles is 1. The van der Waals surface area contributed by atoms with Gasteiger partial charge in [-0.15, -0.1) is 11.3 Å². The summed E-state index contributed by atoms with van der Waals surface area (Å²) >= 11 is 2.34. The predicted molar refractivity (Wildman–Crippen MR) is 93.9 cm³/mol. The summed E-state index contributed by atoms with van der Waals surface area (Å²) in [4.78, 5) is 17.5. The number of fused-ring (bicyclic) bond motifs is 1. The lowest BCUT2D eigenvalue weighted by Gasteiger charge is -2.08. The summed E-state index contributed by atoms with van der Waals surface area (Å²) < 4.78 is 39.8. The number of carbonyl (C=O) groups excluding carboxylic acids is 1. The minimum atomic E-state index is -4.42. The SMILES string of the molecule is N#CSCCNC(=O)c1c(-c2ccc(C(F)(F)F)cc2)nc2sccn12. The average molecular weight is 396 g/mol. The second-order valence-corrected chi connectivity index (χ2v) is 6.89. The molecule has 0 aliphatic rings. The molecule has 1 aromatic carbocycles. The minimum absolute atomic E-state index is 0.253. The maximum atomic E-state index is 12.7. The Morgan fingerprint density at radius 1 is 1.35 bits per heavy atom. The molecule has 0 bridgehead atoms. The fourth-order valence-electron chi connectivity index (χ4n) is 2.37. The van der Waals surface area contributed by atoms with E-state index in [4.69, 9.17) is 5.26 Å². The van der Waals surface area contributed by atoms with Gasteiger partial charge in [0, 0.05) is 29.4 Å². The number of halogens is 3. The van der Waals surface area contributed by atoms with Crippen molar-refractivity contribution in [2.75, 3.05) is 12.3 Å². The zero-order chi connectivity index (χ0) is 18.7. The Hall–Kier alpha value is -2.51. The molecule has 5 nitrogen and oxygen atoms in total. The second-order valence-electron chi connectivity index (χ2n) is 5.14. The Labute approximate surface area is 154 Å². The molecular formula is C16H11F3N4OS2. The van der Waals surface area contributed by atoms with Gasteiger partial charge in [0.05, 0.1) is 5.56 Å². The smallest absolute Gasteiger partial charge is 0.350 e. The van der Waals surface area contributed by atoms with E-state index < -0.39 is 17.6 Å². The third-order valence-corrected chi connectivity index (χ3v) is 4.81. The van der Waals surface area contributed by atoms with Crippen LogP contribution in [-0.4, -0.2) is 27.6 Å². The van der Waals surface area contributed by atoms with Crippen molar-refractivity contribution in [3.05, 3.63) is 47.1 Å². The number of nitrogens with zero attached hydrogens (tertiary/aromatic N) is 3. The lowest BCUT2D eigenvalue weighted by atomic mass is 10.1. The molecule has 1 N–H and O–H groups in total. The van der Waals surface area contributed by atoms with Crippen LogP contribution in [0.4, 0.5) is 13.2 Å². The zero-order valence-electron chi connectivity index (χ0n) is 13.1. The first kappa shape index (κ1) is 18.3. The van der Waals surface area contributed by atoms with Crippen molar-refractivity contribution in [1.82, 2.24) is 14.7 Å². The van der Waals surface area contributed by atoms with Crippen molar-refractivity contribution < 1.29 is 18.0 Å². The maximum absolute atomic E-state index is 12.7. The van der Waals surface area contributed by atoms with Crippen LogP contribution in [0.2, 0.25) is 0 Å². The Balaban J connectivity index is 1.95. The molecule has 0 aliphatic heterocycles. The summed E-state index contributed by atoms with van der Waals surface area (Å²) in [6, 6.07) is 4.54. The van der Waals surface area contributed by atoms with Crippen LogP contribution in [0.3, 0.4) is 0 Å². The van der Waals surface area contributed by atoms with Gasteiger partial charge in [-0.05, 0) is 23.9 Å². The highest BCUT2D eigenvalue weighted by Gasteiger charge is 2.30. The monoisotopic (exact) mass is 396 g/mol. The standard InChI is InChI=1S/C16H11F3N4OS2/c17-16(18,19)11-3-1-10(2-4-11)12-13(14(24)21-5-7-25-9-20)23-6-8-26-15(23)22-12/h1-4,6,8H,5,7H2,(H,21,24). The van der Waals surface area contributed by atoms with E-state index >= 15 is 0 Å². The molecule has 0 saturated heterocycles. The van der Waals surface area contributed by atoms with Crippen molar-refractivity contribution in [1.29, 1.82) is 5.26 Å². The summed E-state index contributed by atoms with van der Waals surface area (Å²) in [5, 5.41) is 14.9. The summed E-state index contributed by atoms with van der Waals surface area (Å²) in [5.41, 5.74) is 0.228. The predicted octanol–water partition coefficient (Wildman–Crippen LogP) is 4.03. The first-order valence-electron chi connectivity index (χ1n) is 7.34. The minimum Gasteiger partial charge on any atom is -0.350 e. The third-order valence-electron chi connectivity index (χ3n) is 3.52. The van der Waals surface area contributed by atoms with Gasteiger partial charge < -0.3 is 5.32 Å². The van der Waals surface area contributed by atoms with Crippen molar-refractivity contribution in [2.45, 2.75) is 6.18 Å². The Kier molecular flexibility index (Phi) is 5.20. The molecule has 26 heavy (non-hydrogen) atoms. The fraction of sp³-hybridized carbons (Fsp3) is 0.188. The molecule has 134 valence electrons. The van der Waals surface area contributed by atoms with Crippen molar-refractivity contribution in [3.8, 4) is 16.7 Å². The molecule has 2 heterocycles. The van der Waals surface area contributed by atoms with Crippen molar-refractivity contribution >= 4 is 34.0 Å². The van der Waals surface area contributed by atoms with Crippen LogP contribution in [0.5, 0.6) is 0 Å². The number of nitrogens with one attached hydrogen (secondary N) is 1. The highest BCUT2D eigenvalue weighted by molar-refractivity contribution is 8.03. The van der Waals surface area contributed by atoms with Crippen molar-refractivity contribution in [3.63, 3.8) is 0 Å². The fourth-order valence-corrected chi connectivity index (χ4v) is 3.38. The Bertz CT molecular complexity index is 970. The molecule has 10 heteroatoms. The van der Waals surface area contributed by atoms with E-state index in [-0.39, 0.29) is 5.69 Å². The number of rotatable bonds is 5. The van der Waals surface area contributed by atoms with Gasteiger partial charge >= 0.3 is 6.18 Å². The van der Waals surface area contributed by atoms with Gasteiger partial charge in [0.15, 0.2) is 4.96 Å². The van der Waals surface area contributed by atoms with Gasteiger partial charge in [-0.1, -0.05) is 12.1 Å². The number of thioether (sulfide) groups is 1. The van der Waals surface area contributed by atoms with Crippen molar-refractivity contribution in [2.24, 2.45) is 0 Å². The topological polar surface area (TPSA) is 70.2 Å². The average Bonchev–Trinajstić information content (AvgIpc) is 3.18. The Morgan fingerprint density at radius 2 is 2.08 bits per heavy atom. The van der Waals surface area contributed by atoms with Crippen LogP contribution in [0.15, 0.2) is 35.8 Å². The van der Waals surface area contributed by atoms with E-state index in [0.29, 0.717) is 28.5 Å².